The van der Waals surface area contributed by atoms with Crippen LogP contribution in [0.1, 0.15) is 34.7 Å². The van der Waals surface area contributed by atoms with Gasteiger partial charge in [0.15, 0.2) is 0 Å². The first-order valence-corrected chi connectivity index (χ1v) is 11.7. The van der Waals surface area contributed by atoms with E-state index in [0.29, 0.717) is 18.5 Å². The third-order valence-corrected chi connectivity index (χ3v) is 6.51. The molecular formula is C25H28N2O3S. The number of nitrogens with one attached hydrogen (secondary N) is 1. The summed E-state index contributed by atoms with van der Waals surface area (Å²) in [6.45, 7) is 9.50. The first kappa shape index (κ1) is 22.6. The second-order valence-corrected chi connectivity index (χ2v) is 9.38. The number of benzene rings is 2. The van der Waals surface area contributed by atoms with Crippen LogP contribution in [0.15, 0.2) is 65.4 Å². The van der Waals surface area contributed by atoms with Crippen molar-refractivity contribution in [2.24, 2.45) is 7.05 Å². The molecule has 162 valence electrons. The second-order valence-electron chi connectivity index (χ2n) is 7.76. The average molecular weight is 437 g/mol. The van der Waals surface area contributed by atoms with Crippen molar-refractivity contribution in [1.82, 2.24) is 4.57 Å². The molecule has 0 fully saturated rings. The summed E-state index contributed by atoms with van der Waals surface area (Å²) in [4.78, 5) is 12.4. The minimum atomic E-state index is -3.63. The third kappa shape index (κ3) is 4.97. The van der Waals surface area contributed by atoms with Crippen molar-refractivity contribution >= 4 is 15.7 Å². The number of anilines is 1. The van der Waals surface area contributed by atoms with Crippen LogP contribution in [0.5, 0.6) is 0 Å². The van der Waals surface area contributed by atoms with Crippen LogP contribution in [0.4, 0.5) is 5.69 Å². The van der Waals surface area contributed by atoms with E-state index < -0.39 is 10.0 Å². The van der Waals surface area contributed by atoms with Gasteiger partial charge in [0.1, 0.15) is 0 Å². The molecule has 5 nitrogen and oxygen atoms in total. The monoisotopic (exact) mass is 436 g/mol. The molecule has 0 amide bonds. The van der Waals surface area contributed by atoms with Gasteiger partial charge >= 0.3 is 0 Å². The van der Waals surface area contributed by atoms with Crippen LogP contribution in [0.2, 0.25) is 0 Å². The van der Waals surface area contributed by atoms with E-state index in [9.17, 15) is 13.2 Å². The van der Waals surface area contributed by atoms with Crippen molar-refractivity contribution < 1.29 is 8.42 Å². The molecule has 0 spiro atoms. The first-order valence-electron chi connectivity index (χ1n) is 10.2. The van der Waals surface area contributed by atoms with Crippen molar-refractivity contribution in [3.8, 4) is 11.1 Å². The lowest BCUT2D eigenvalue weighted by Crippen LogP contribution is -2.20. The summed E-state index contributed by atoms with van der Waals surface area (Å²) in [6.07, 6.45) is 3.12. The molecule has 0 saturated carbocycles. The van der Waals surface area contributed by atoms with E-state index in [2.05, 4.69) is 37.3 Å². The van der Waals surface area contributed by atoms with E-state index in [4.69, 9.17) is 0 Å². The Bertz CT molecular complexity index is 1280. The van der Waals surface area contributed by atoms with Gasteiger partial charge in [-0.15, -0.1) is 0 Å². The summed E-state index contributed by atoms with van der Waals surface area (Å²) < 4.78 is 28.1. The van der Waals surface area contributed by atoms with Crippen LogP contribution >= 0.6 is 0 Å². The molecule has 2 aromatic carbocycles. The number of aromatic nitrogens is 1. The maximum absolute atomic E-state index is 12.4. The number of rotatable bonds is 7. The summed E-state index contributed by atoms with van der Waals surface area (Å²) in [7, 11) is -1.89. The van der Waals surface area contributed by atoms with Crippen molar-refractivity contribution in [2.45, 2.75) is 33.6 Å². The van der Waals surface area contributed by atoms with Gasteiger partial charge in [-0.25, -0.2) is 8.42 Å². The Hall–Kier alpha value is -3.12. The minimum Gasteiger partial charge on any atom is -0.318 e. The fraction of sp³-hybridized carbons (Fsp3) is 0.240. The fourth-order valence-electron chi connectivity index (χ4n) is 3.77. The smallest absolute Gasteiger partial charge is 0.254 e. The molecule has 3 rings (SSSR count). The molecule has 31 heavy (non-hydrogen) atoms. The number of aryl methyl sites for hydroxylation is 4. The van der Waals surface area contributed by atoms with E-state index in [0.717, 1.165) is 27.7 Å². The van der Waals surface area contributed by atoms with Gasteiger partial charge in [0.2, 0.25) is 0 Å². The Labute approximate surface area is 184 Å². The molecule has 0 radical (unpaired) electrons. The van der Waals surface area contributed by atoms with Gasteiger partial charge < -0.3 is 4.57 Å². The lowest BCUT2D eigenvalue weighted by Gasteiger charge is -2.17. The predicted molar refractivity (Wildman–Crippen MR) is 128 cm³/mol. The topological polar surface area (TPSA) is 68.2 Å². The molecule has 0 atom stereocenters. The van der Waals surface area contributed by atoms with Crippen LogP contribution in [0, 0.1) is 13.8 Å². The van der Waals surface area contributed by atoms with Crippen LogP contribution in [-0.2, 0) is 29.9 Å². The van der Waals surface area contributed by atoms with Crippen molar-refractivity contribution in [3.63, 3.8) is 0 Å². The zero-order chi connectivity index (χ0) is 22.8. The predicted octanol–water partition coefficient (Wildman–Crippen LogP) is 4.71. The Balaban J connectivity index is 2.21. The van der Waals surface area contributed by atoms with Crippen LogP contribution in [0.3, 0.4) is 0 Å². The number of sulfonamides is 1. The van der Waals surface area contributed by atoms with Crippen molar-refractivity contribution in [2.75, 3.05) is 4.72 Å². The highest BCUT2D eigenvalue weighted by molar-refractivity contribution is 7.95. The minimum absolute atomic E-state index is 0.0222. The number of hydrogen-bond donors (Lipinski definition) is 1. The Morgan fingerprint density at radius 2 is 1.74 bits per heavy atom. The summed E-state index contributed by atoms with van der Waals surface area (Å²) in [5, 5.41) is 0.888. The quantitative estimate of drug-likeness (QED) is 0.583. The van der Waals surface area contributed by atoms with E-state index in [1.165, 1.54) is 16.7 Å². The van der Waals surface area contributed by atoms with Crippen molar-refractivity contribution in [3.05, 3.63) is 98.8 Å². The molecule has 0 bridgehead atoms. The maximum atomic E-state index is 12.4. The second kappa shape index (κ2) is 8.94. The lowest BCUT2D eigenvalue weighted by molar-refractivity contribution is 0.609. The van der Waals surface area contributed by atoms with Gasteiger partial charge in [0.05, 0.1) is 0 Å². The molecule has 1 heterocycles. The van der Waals surface area contributed by atoms with Gasteiger partial charge in [0.25, 0.3) is 15.6 Å². The van der Waals surface area contributed by atoms with Crippen LogP contribution < -0.4 is 10.3 Å². The number of nitrogens with zero attached hydrogens (tertiary/aromatic N) is 1. The van der Waals surface area contributed by atoms with Gasteiger partial charge in [0, 0.05) is 29.9 Å². The summed E-state index contributed by atoms with van der Waals surface area (Å²) in [5.74, 6) is 0. The standard InChI is InChI=1S/C25H28N2O3S/c1-6-19-13-21(16-27(5)25(19)28)24-15-22(26-31(29,30)7-2)12-11-20(24)14-23-17(3)9-8-10-18(23)4/h7-13,15-16,26H,2,6,14H2,1,3-5H3. The van der Waals surface area contributed by atoms with Gasteiger partial charge in [-0.2, -0.15) is 0 Å². The van der Waals surface area contributed by atoms with Crippen LogP contribution in [0.25, 0.3) is 11.1 Å². The Morgan fingerprint density at radius 1 is 1.06 bits per heavy atom. The van der Waals surface area contributed by atoms with E-state index in [1.54, 1.807) is 23.9 Å². The molecule has 6 heteroatoms. The Kier molecular flexibility index (Phi) is 6.51. The molecule has 3 aromatic rings. The highest BCUT2D eigenvalue weighted by Gasteiger charge is 2.14. The summed E-state index contributed by atoms with van der Waals surface area (Å²) in [6, 6.07) is 13.7. The third-order valence-electron chi connectivity index (χ3n) is 5.55. The van der Waals surface area contributed by atoms with Gasteiger partial charge in [-0.05, 0) is 78.3 Å². The van der Waals surface area contributed by atoms with Gasteiger partial charge in [-0.1, -0.05) is 37.8 Å². The molecule has 0 aliphatic heterocycles. The molecule has 0 saturated heterocycles. The summed E-state index contributed by atoms with van der Waals surface area (Å²) >= 11 is 0. The SMILES string of the molecule is C=CS(=O)(=O)Nc1ccc(Cc2c(C)cccc2C)c(-c2cc(CC)c(=O)n(C)c2)c1. The molecule has 1 N–H and O–H groups in total. The number of hydrogen-bond acceptors (Lipinski definition) is 3. The molecule has 0 aliphatic rings. The van der Waals surface area contributed by atoms with Crippen LogP contribution in [-0.4, -0.2) is 13.0 Å². The fourth-order valence-corrected chi connectivity index (χ4v) is 4.31. The lowest BCUT2D eigenvalue weighted by atomic mass is 9.91. The Morgan fingerprint density at radius 3 is 2.35 bits per heavy atom. The highest BCUT2D eigenvalue weighted by atomic mass is 32.2. The normalized spacial score (nSPS) is 11.4. The maximum Gasteiger partial charge on any atom is 0.254 e. The summed E-state index contributed by atoms with van der Waals surface area (Å²) in [5.41, 5.74) is 7.61. The zero-order valence-electron chi connectivity index (χ0n) is 18.4. The number of pyridine rings is 1. The average Bonchev–Trinajstić information content (AvgIpc) is 2.73. The van der Waals surface area contributed by atoms with E-state index >= 15 is 0 Å². The van der Waals surface area contributed by atoms with E-state index in [1.807, 2.05) is 31.2 Å². The largest absolute Gasteiger partial charge is 0.318 e. The molecular weight excluding hydrogens is 408 g/mol. The van der Waals surface area contributed by atoms with E-state index in [-0.39, 0.29) is 5.56 Å². The highest BCUT2D eigenvalue weighted by Crippen LogP contribution is 2.31. The first-order chi connectivity index (χ1) is 14.6. The molecule has 1 aromatic heterocycles. The molecule has 0 unspecified atom stereocenters. The van der Waals surface area contributed by atoms with Crippen molar-refractivity contribution in [1.29, 1.82) is 0 Å². The molecule has 0 aliphatic carbocycles. The zero-order valence-corrected chi connectivity index (χ0v) is 19.2. The van der Waals surface area contributed by atoms with Gasteiger partial charge in [-0.3, -0.25) is 9.52 Å².